The molecule has 1 amide bonds. The summed E-state index contributed by atoms with van der Waals surface area (Å²) in [6.07, 6.45) is 3.64. The van der Waals surface area contributed by atoms with E-state index in [4.69, 9.17) is 10.5 Å². The Hall–Kier alpha value is -2.78. The van der Waals surface area contributed by atoms with Crippen molar-refractivity contribution in [1.82, 2.24) is 9.29 Å². The van der Waals surface area contributed by atoms with E-state index >= 15 is 0 Å². The Balaban J connectivity index is 1.52. The Labute approximate surface area is 163 Å². The first kappa shape index (κ1) is 20.0. The van der Waals surface area contributed by atoms with Gasteiger partial charge < -0.3 is 10.5 Å². The minimum absolute atomic E-state index is 0.0894. The van der Waals surface area contributed by atoms with Crippen molar-refractivity contribution in [2.75, 3.05) is 13.1 Å². The zero-order valence-corrected chi connectivity index (χ0v) is 16.0. The van der Waals surface area contributed by atoms with E-state index in [1.807, 2.05) is 0 Å². The Kier molecular flexibility index (Phi) is 6.05. The number of aromatic nitrogens is 1. The van der Waals surface area contributed by atoms with Gasteiger partial charge in [0.25, 0.3) is 0 Å². The van der Waals surface area contributed by atoms with Crippen molar-refractivity contribution in [2.24, 2.45) is 11.7 Å². The number of amides is 1. The van der Waals surface area contributed by atoms with E-state index in [1.54, 1.807) is 30.3 Å². The lowest BCUT2D eigenvalue weighted by molar-refractivity contribution is -0.151. The van der Waals surface area contributed by atoms with Crippen molar-refractivity contribution in [3.05, 3.63) is 59.9 Å². The normalized spacial score (nSPS) is 15.9. The molecule has 0 spiro atoms. The molecular weight excluding hydrogens is 382 g/mol. The maximum Gasteiger partial charge on any atom is 0.309 e. The van der Waals surface area contributed by atoms with Crippen LogP contribution in [-0.2, 0) is 26.2 Å². The summed E-state index contributed by atoms with van der Waals surface area (Å²) in [5.41, 5.74) is 6.32. The van der Waals surface area contributed by atoms with Gasteiger partial charge in [-0.05, 0) is 42.7 Å². The molecule has 0 radical (unpaired) electrons. The smallest absolute Gasteiger partial charge is 0.309 e. The molecule has 0 atom stereocenters. The third kappa shape index (κ3) is 4.55. The summed E-state index contributed by atoms with van der Waals surface area (Å²) in [6, 6.07) is 9.59. The van der Waals surface area contributed by atoms with Gasteiger partial charge in [-0.2, -0.15) is 4.31 Å². The van der Waals surface area contributed by atoms with Gasteiger partial charge in [0.15, 0.2) is 0 Å². The topological polar surface area (TPSA) is 120 Å². The maximum atomic E-state index is 12.6. The van der Waals surface area contributed by atoms with E-state index in [0.717, 1.165) is 5.56 Å². The highest BCUT2D eigenvalue weighted by atomic mass is 32.2. The molecule has 0 bridgehead atoms. The highest BCUT2D eigenvalue weighted by molar-refractivity contribution is 7.89. The molecule has 1 saturated heterocycles. The van der Waals surface area contributed by atoms with Crippen LogP contribution in [0.2, 0.25) is 0 Å². The Morgan fingerprint density at radius 2 is 1.82 bits per heavy atom. The van der Waals surface area contributed by atoms with Gasteiger partial charge in [0.1, 0.15) is 11.5 Å². The van der Waals surface area contributed by atoms with Crippen molar-refractivity contribution in [3.63, 3.8) is 0 Å². The number of hydrogen-bond donors (Lipinski definition) is 1. The van der Waals surface area contributed by atoms with Gasteiger partial charge in [0, 0.05) is 31.0 Å². The molecule has 8 nitrogen and oxygen atoms in total. The number of carbonyl (C=O) groups excluding carboxylic acids is 2. The van der Waals surface area contributed by atoms with Crippen molar-refractivity contribution in [1.29, 1.82) is 0 Å². The van der Waals surface area contributed by atoms with E-state index in [-0.39, 0.29) is 36.5 Å². The summed E-state index contributed by atoms with van der Waals surface area (Å²) >= 11 is 0. The molecule has 0 saturated carbocycles. The zero-order chi connectivity index (χ0) is 20.1. The number of primary amides is 1. The highest BCUT2D eigenvalue weighted by Gasteiger charge is 2.32. The number of nitrogens with two attached hydrogens (primary N) is 1. The summed E-state index contributed by atoms with van der Waals surface area (Å²) in [5.74, 6) is -1.21. The van der Waals surface area contributed by atoms with Crippen molar-refractivity contribution in [2.45, 2.75) is 24.3 Å². The van der Waals surface area contributed by atoms with Crippen molar-refractivity contribution < 1.29 is 22.7 Å². The Bertz CT molecular complexity index is 937. The van der Waals surface area contributed by atoms with E-state index in [1.165, 1.54) is 22.8 Å². The zero-order valence-electron chi connectivity index (χ0n) is 15.2. The van der Waals surface area contributed by atoms with Gasteiger partial charge in [-0.1, -0.05) is 12.1 Å². The molecule has 1 aliphatic heterocycles. The largest absolute Gasteiger partial charge is 0.461 e. The SMILES string of the molecule is NC(=O)c1ccc(COC(=O)C2CCN(S(=O)(=O)c3cccnc3)CC2)cc1. The number of hydrogen-bond acceptors (Lipinski definition) is 6. The number of sulfonamides is 1. The molecule has 1 aromatic heterocycles. The van der Waals surface area contributed by atoms with Crippen LogP contribution < -0.4 is 5.73 Å². The number of esters is 1. The second-order valence-electron chi connectivity index (χ2n) is 6.54. The summed E-state index contributed by atoms with van der Waals surface area (Å²) in [4.78, 5) is 27.4. The fourth-order valence-electron chi connectivity index (χ4n) is 3.02. The minimum atomic E-state index is -3.60. The Morgan fingerprint density at radius 1 is 1.14 bits per heavy atom. The molecule has 0 unspecified atom stereocenters. The van der Waals surface area contributed by atoms with Gasteiger partial charge in [-0.3, -0.25) is 14.6 Å². The predicted octanol–water partition coefficient (Wildman–Crippen LogP) is 1.32. The summed E-state index contributed by atoms with van der Waals surface area (Å²) in [7, 11) is -3.60. The van der Waals surface area contributed by atoms with Crippen LogP contribution in [0, 0.1) is 5.92 Å². The van der Waals surface area contributed by atoms with Gasteiger partial charge in [-0.25, -0.2) is 8.42 Å². The molecule has 0 aliphatic carbocycles. The third-order valence-corrected chi connectivity index (χ3v) is 6.56. The van der Waals surface area contributed by atoms with Crippen LogP contribution in [0.25, 0.3) is 0 Å². The van der Waals surface area contributed by atoms with Crippen molar-refractivity contribution in [3.8, 4) is 0 Å². The maximum absolute atomic E-state index is 12.6. The van der Waals surface area contributed by atoms with E-state index in [0.29, 0.717) is 18.4 Å². The van der Waals surface area contributed by atoms with Gasteiger partial charge in [0.05, 0.1) is 5.92 Å². The molecule has 1 fully saturated rings. The third-order valence-electron chi connectivity index (χ3n) is 4.68. The molecule has 2 heterocycles. The van der Waals surface area contributed by atoms with Gasteiger partial charge in [0.2, 0.25) is 15.9 Å². The van der Waals surface area contributed by atoms with Gasteiger partial charge in [-0.15, -0.1) is 0 Å². The molecule has 9 heteroatoms. The molecule has 2 aromatic rings. The average Bonchev–Trinajstić information content (AvgIpc) is 2.73. The van der Waals surface area contributed by atoms with E-state index in [9.17, 15) is 18.0 Å². The lowest BCUT2D eigenvalue weighted by atomic mass is 9.98. The molecular formula is C19H21N3O5S. The minimum Gasteiger partial charge on any atom is -0.461 e. The van der Waals surface area contributed by atoms with Crippen molar-refractivity contribution >= 4 is 21.9 Å². The molecule has 3 rings (SSSR count). The lowest BCUT2D eigenvalue weighted by Gasteiger charge is -2.30. The van der Waals surface area contributed by atoms with Gasteiger partial charge >= 0.3 is 5.97 Å². The fraction of sp³-hybridized carbons (Fsp3) is 0.316. The number of piperidine rings is 1. The first-order valence-electron chi connectivity index (χ1n) is 8.83. The van der Waals surface area contributed by atoms with Crippen LogP contribution in [0.5, 0.6) is 0 Å². The second kappa shape index (κ2) is 8.49. The standard InChI is InChI=1S/C19H21N3O5S/c20-18(23)15-5-3-14(4-6-15)13-27-19(24)16-7-10-22(11-8-16)28(25,26)17-2-1-9-21-12-17/h1-6,9,12,16H,7-8,10-11,13H2,(H2,20,23). The second-order valence-corrected chi connectivity index (χ2v) is 8.47. The average molecular weight is 403 g/mol. The summed E-state index contributed by atoms with van der Waals surface area (Å²) in [5, 5.41) is 0. The first-order chi connectivity index (χ1) is 13.4. The van der Waals surface area contributed by atoms with Crippen LogP contribution in [-0.4, -0.2) is 42.7 Å². The Morgan fingerprint density at radius 3 is 2.39 bits per heavy atom. The molecule has 2 N–H and O–H groups in total. The van der Waals surface area contributed by atoms with Crippen LogP contribution in [0.1, 0.15) is 28.8 Å². The molecule has 1 aliphatic rings. The number of benzene rings is 1. The number of ether oxygens (including phenoxy) is 1. The van der Waals surface area contributed by atoms with E-state index in [2.05, 4.69) is 4.98 Å². The number of nitrogens with zero attached hydrogens (tertiary/aromatic N) is 2. The molecule has 148 valence electrons. The molecule has 28 heavy (non-hydrogen) atoms. The summed E-state index contributed by atoms with van der Waals surface area (Å²) in [6.45, 7) is 0.598. The van der Waals surface area contributed by atoms with E-state index < -0.39 is 15.9 Å². The first-order valence-corrected chi connectivity index (χ1v) is 10.3. The number of carbonyl (C=O) groups is 2. The predicted molar refractivity (Wildman–Crippen MR) is 100 cm³/mol. The highest BCUT2D eigenvalue weighted by Crippen LogP contribution is 2.24. The van der Waals surface area contributed by atoms with Crippen LogP contribution in [0.15, 0.2) is 53.7 Å². The van der Waals surface area contributed by atoms with Crippen LogP contribution in [0.3, 0.4) is 0 Å². The molecule has 1 aromatic carbocycles. The summed E-state index contributed by atoms with van der Waals surface area (Å²) < 4.78 is 31.9. The number of rotatable bonds is 6. The quantitative estimate of drug-likeness (QED) is 0.727. The van der Waals surface area contributed by atoms with Crippen LogP contribution >= 0.6 is 0 Å². The monoisotopic (exact) mass is 403 g/mol. The number of pyridine rings is 1. The van der Waals surface area contributed by atoms with Crippen LogP contribution in [0.4, 0.5) is 0 Å². The fourth-order valence-corrected chi connectivity index (χ4v) is 4.45. The lowest BCUT2D eigenvalue weighted by Crippen LogP contribution is -2.40.